The maximum absolute atomic E-state index is 10.7. The molecule has 0 unspecified atom stereocenters. The van der Waals surface area contributed by atoms with Gasteiger partial charge in [0, 0.05) is 5.69 Å². The van der Waals surface area contributed by atoms with Gasteiger partial charge in [-0.3, -0.25) is 0 Å². The van der Waals surface area contributed by atoms with Crippen molar-refractivity contribution >= 4 is 11.9 Å². The van der Waals surface area contributed by atoms with E-state index in [-0.39, 0.29) is 16.8 Å². The minimum Gasteiger partial charge on any atom is -0.478 e. The summed E-state index contributed by atoms with van der Waals surface area (Å²) < 4.78 is 0. The molecule has 0 saturated heterocycles. The Morgan fingerprint density at radius 1 is 1.15 bits per heavy atom. The number of carboxylic acid groups (broad SMARTS) is 2. The fourth-order valence-corrected chi connectivity index (χ4v) is 1.28. The maximum Gasteiger partial charge on any atom is 0.352 e. The van der Waals surface area contributed by atoms with E-state index in [1.54, 1.807) is 0 Å². The molecule has 0 amide bonds. The van der Waals surface area contributed by atoms with Gasteiger partial charge in [-0.2, -0.15) is 0 Å². The van der Waals surface area contributed by atoms with E-state index >= 15 is 0 Å². The molecule has 1 aromatic heterocycles. The van der Waals surface area contributed by atoms with Crippen molar-refractivity contribution in [3.8, 4) is 0 Å². The highest BCUT2D eigenvalue weighted by Crippen LogP contribution is 2.17. The van der Waals surface area contributed by atoms with Gasteiger partial charge in [-0.1, -0.05) is 0 Å². The first-order valence-corrected chi connectivity index (χ1v) is 3.61. The van der Waals surface area contributed by atoms with Crippen LogP contribution in [0.4, 0.5) is 0 Å². The minimum atomic E-state index is -1.15. The molecule has 0 radical (unpaired) electrons. The molecule has 0 saturated carbocycles. The molecule has 1 rings (SSSR count). The van der Waals surface area contributed by atoms with Crippen molar-refractivity contribution in [2.24, 2.45) is 0 Å². The fourth-order valence-electron chi connectivity index (χ4n) is 1.28. The number of aryl methyl sites for hydroxylation is 1. The molecule has 1 heterocycles. The lowest BCUT2D eigenvalue weighted by Gasteiger charge is -1.93. The van der Waals surface area contributed by atoms with E-state index in [1.165, 1.54) is 13.8 Å². The van der Waals surface area contributed by atoms with Gasteiger partial charge in [0.2, 0.25) is 0 Å². The highest BCUT2D eigenvalue weighted by Gasteiger charge is 2.20. The summed E-state index contributed by atoms with van der Waals surface area (Å²) in [6.07, 6.45) is 0. The zero-order valence-electron chi connectivity index (χ0n) is 7.21. The number of nitrogens with one attached hydrogen (secondary N) is 1. The molecule has 0 fully saturated rings. The van der Waals surface area contributed by atoms with Crippen LogP contribution in [0, 0.1) is 13.8 Å². The Morgan fingerprint density at radius 3 is 1.92 bits per heavy atom. The molecule has 70 valence electrons. The van der Waals surface area contributed by atoms with E-state index < -0.39 is 11.9 Å². The predicted molar refractivity (Wildman–Crippen MR) is 44.2 cm³/mol. The largest absolute Gasteiger partial charge is 0.478 e. The van der Waals surface area contributed by atoms with E-state index in [2.05, 4.69) is 4.98 Å². The van der Waals surface area contributed by atoms with Crippen LogP contribution < -0.4 is 0 Å². The van der Waals surface area contributed by atoms with E-state index in [0.29, 0.717) is 5.69 Å². The van der Waals surface area contributed by atoms with Crippen LogP contribution in [0.1, 0.15) is 32.1 Å². The Bertz CT molecular complexity index is 378. The van der Waals surface area contributed by atoms with E-state index in [0.717, 1.165) is 0 Å². The molecule has 0 atom stereocenters. The molecule has 0 spiro atoms. The van der Waals surface area contributed by atoms with Crippen molar-refractivity contribution < 1.29 is 19.8 Å². The molecule has 0 aliphatic heterocycles. The lowest BCUT2D eigenvalue weighted by Crippen LogP contribution is -2.01. The summed E-state index contributed by atoms with van der Waals surface area (Å²) in [6, 6.07) is 0. The average molecular weight is 183 g/mol. The predicted octanol–water partition coefficient (Wildman–Crippen LogP) is 1.03. The summed E-state index contributed by atoms with van der Waals surface area (Å²) in [4.78, 5) is 23.8. The third-order valence-corrected chi connectivity index (χ3v) is 1.87. The molecule has 5 nitrogen and oxygen atoms in total. The zero-order chi connectivity index (χ0) is 10.2. The summed E-state index contributed by atoms with van der Waals surface area (Å²) in [6.45, 7) is 3.00. The molecule has 5 heteroatoms. The lowest BCUT2D eigenvalue weighted by molar-refractivity contribution is 0.0687. The van der Waals surface area contributed by atoms with Gasteiger partial charge in [0.15, 0.2) is 0 Å². The van der Waals surface area contributed by atoms with Crippen molar-refractivity contribution in [2.45, 2.75) is 13.8 Å². The van der Waals surface area contributed by atoms with E-state index in [1.807, 2.05) is 0 Å². The Labute approximate surface area is 74.0 Å². The average Bonchev–Trinajstić information content (AvgIpc) is 2.26. The third kappa shape index (κ3) is 1.40. The van der Waals surface area contributed by atoms with Crippen molar-refractivity contribution in [1.29, 1.82) is 0 Å². The molecule has 0 aliphatic rings. The van der Waals surface area contributed by atoms with Crippen LogP contribution >= 0.6 is 0 Å². The number of carboxylic acids is 2. The number of rotatable bonds is 2. The number of hydrogen-bond donors (Lipinski definition) is 3. The van der Waals surface area contributed by atoms with E-state index in [4.69, 9.17) is 10.2 Å². The quantitative estimate of drug-likeness (QED) is 0.638. The second kappa shape index (κ2) is 2.93. The van der Waals surface area contributed by atoms with Gasteiger partial charge in [0.25, 0.3) is 0 Å². The molecule has 0 aliphatic carbocycles. The molecule has 1 aromatic rings. The van der Waals surface area contributed by atoms with Crippen LogP contribution in [0.5, 0.6) is 0 Å². The number of aromatic amines is 1. The Balaban J connectivity index is 3.39. The number of hydrogen-bond acceptors (Lipinski definition) is 2. The van der Waals surface area contributed by atoms with Crippen LogP contribution in [0.25, 0.3) is 0 Å². The van der Waals surface area contributed by atoms with E-state index in [9.17, 15) is 9.59 Å². The summed E-state index contributed by atoms with van der Waals surface area (Å²) in [7, 11) is 0. The van der Waals surface area contributed by atoms with Gasteiger partial charge in [0.1, 0.15) is 5.69 Å². The SMILES string of the molecule is Cc1[nH]c(C(=O)O)c(C)c1C(=O)O. The number of H-pyrrole nitrogens is 1. The third-order valence-electron chi connectivity index (χ3n) is 1.87. The lowest BCUT2D eigenvalue weighted by atomic mass is 10.1. The molecule has 0 bridgehead atoms. The van der Waals surface area contributed by atoms with Crippen LogP contribution in [-0.2, 0) is 0 Å². The van der Waals surface area contributed by atoms with Gasteiger partial charge in [0.05, 0.1) is 5.56 Å². The summed E-state index contributed by atoms with van der Waals surface area (Å²) in [5.41, 5.74) is 0.604. The van der Waals surface area contributed by atoms with Crippen molar-refractivity contribution in [3.63, 3.8) is 0 Å². The van der Waals surface area contributed by atoms with Gasteiger partial charge in [-0.05, 0) is 19.4 Å². The van der Waals surface area contributed by atoms with Crippen LogP contribution in [0.15, 0.2) is 0 Å². The van der Waals surface area contributed by atoms with Crippen molar-refractivity contribution in [3.05, 3.63) is 22.5 Å². The van der Waals surface area contributed by atoms with Crippen LogP contribution in [0.3, 0.4) is 0 Å². The fraction of sp³-hybridized carbons (Fsp3) is 0.250. The Morgan fingerprint density at radius 2 is 1.69 bits per heavy atom. The number of carbonyl (C=O) groups is 2. The monoisotopic (exact) mass is 183 g/mol. The first-order chi connectivity index (χ1) is 5.95. The summed E-state index contributed by atoms with van der Waals surface area (Å²) in [5.74, 6) is -2.26. The smallest absolute Gasteiger partial charge is 0.352 e. The number of aromatic carboxylic acids is 2. The van der Waals surface area contributed by atoms with Gasteiger partial charge in [-0.15, -0.1) is 0 Å². The van der Waals surface area contributed by atoms with Crippen LogP contribution in [0.2, 0.25) is 0 Å². The molecular formula is C8H9NO4. The molecule has 13 heavy (non-hydrogen) atoms. The normalized spacial score (nSPS) is 10.0. The second-order valence-corrected chi connectivity index (χ2v) is 2.74. The first-order valence-electron chi connectivity index (χ1n) is 3.61. The van der Waals surface area contributed by atoms with Crippen molar-refractivity contribution in [1.82, 2.24) is 4.98 Å². The second-order valence-electron chi connectivity index (χ2n) is 2.74. The highest BCUT2D eigenvalue weighted by molar-refractivity contribution is 5.96. The number of aromatic nitrogens is 1. The Kier molecular flexibility index (Phi) is 2.10. The molecular weight excluding hydrogens is 174 g/mol. The zero-order valence-corrected chi connectivity index (χ0v) is 7.21. The summed E-state index contributed by atoms with van der Waals surface area (Å²) >= 11 is 0. The standard InChI is InChI=1S/C8H9NO4/c1-3-5(7(10)11)4(2)9-6(3)8(12)13/h9H,1-2H3,(H,10,11)(H,12,13). The van der Waals surface area contributed by atoms with Crippen LogP contribution in [-0.4, -0.2) is 27.1 Å². The van der Waals surface area contributed by atoms with Crippen molar-refractivity contribution in [2.75, 3.05) is 0 Å². The topological polar surface area (TPSA) is 90.4 Å². The Hall–Kier alpha value is -1.78. The summed E-state index contributed by atoms with van der Waals surface area (Å²) in [5, 5.41) is 17.4. The van der Waals surface area contributed by atoms with Gasteiger partial charge in [-0.25, -0.2) is 9.59 Å². The maximum atomic E-state index is 10.7. The minimum absolute atomic E-state index is 0.0393. The first kappa shape index (κ1) is 9.31. The molecule has 3 N–H and O–H groups in total. The van der Waals surface area contributed by atoms with Gasteiger partial charge < -0.3 is 15.2 Å². The van der Waals surface area contributed by atoms with Gasteiger partial charge >= 0.3 is 11.9 Å². The molecule has 0 aromatic carbocycles. The highest BCUT2D eigenvalue weighted by atomic mass is 16.4.